The second-order valence-electron chi connectivity index (χ2n) is 4.74. The number of nitrogens with one attached hydrogen (secondary N) is 2. The van der Waals surface area contributed by atoms with Crippen molar-refractivity contribution in [3.8, 4) is 0 Å². The lowest BCUT2D eigenvalue weighted by Crippen LogP contribution is -2.37. The van der Waals surface area contributed by atoms with Crippen molar-refractivity contribution in [3.05, 3.63) is 51.7 Å². The quantitative estimate of drug-likeness (QED) is 0.848. The first-order chi connectivity index (χ1) is 10.5. The summed E-state index contributed by atoms with van der Waals surface area (Å²) >= 11 is 1.47. The van der Waals surface area contributed by atoms with Gasteiger partial charge in [-0.3, -0.25) is 9.59 Å². The van der Waals surface area contributed by atoms with Gasteiger partial charge in [-0.1, -0.05) is 12.1 Å². The number of hydrogen-bond donors (Lipinski definition) is 2. The first-order valence-electron chi connectivity index (χ1n) is 6.72. The van der Waals surface area contributed by atoms with Crippen LogP contribution in [-0.4, -0.2) is 23.3 Å². The van der Waals surface area contributed by atoms with Crippen LogP contribution in [0.2, 0.25) is 0 Å². The summed E-state index contributed by atoms with van der Waals surface area (Å²) in [6.45, 7) is 2.12. The van der Waals surface area contributed by atoms with Gasteiger partial charge >= 0.3 is 0 Å². The summed E-state index contributed by atoms with van der Waals surface area (Å²) in [5.74, 6) is -1.01. The molecule has 116 valence electrons. The van der Waals surface area contributed by atoms with Crippen LogP contribution in [0.4, 0.5) is 4.39 Å². The fourth-order valence-corrected chi connectivity index (χ4v) is 2.51. The monoisotopic (exact) mass is 321 g/mol. The average molecular weight is 321 g/mol. The van der Waals surface area contributed by atoms with Crippen molar-refractivity contribution < 1.29 is 14.0 Å². The van der Waals surface area contributed by atoms with E-state index in [1.165, 1.54) is 23.5 Å². The number of halogens is 1. The molecule has 1 aromatic carbocycles. The van der Waals surface area contributed by atoms with Crippen LogP contribution in [0.25, 0.3) is 0 Å². The summed E-state index contributed by atoms with van der Waals surface area (Å²) in [5.41, 5.74) is 1.48. The maximum Gasteiger partial charge on any atom is 0.239 e. The normalized spacial score (nSPS) is 10.3. The number of benzene rings is 1. The molecule has 0 saturated carbocycles. The number of aryl methyl sites for hydroxylation is 1. The second-order valence-corrected chi connectivity index (χ2v) is 5.69. The SMILES string of the molecule is Cc1csc(CNC(=O)CNC(=O)Cc2cccc(F)c2)n1. The summed E-state index contributed by atoms with van der Waals surface area (Å²) in [4.78, 5) is 27.5. The minimum absolute atomic E-state index is 0.0384. The van der Waals surface area contributed by atoms with Crippen LogP contribution in [0.3, 0.4) is 0 Å². The number of carbonyl (C=O) groups excluding carboxylic acids is 2. The van der Waals surface area contributed by atoms with E-state index < -0.39 is 0 Å². The van der Waals surface area contributed by atoms with Gasteiger partial charge in [-0.25, -0.2) is 9.37 Å². The second kappa shape index (κ2) is 7.65. The van der Waals surface area contributed by atoms with Crippen molar-refractivity contribution in [2.75, 3.05) is 6.54 Å². The Morgan fingerprint density at radius 1 is 1.27 bits per heavy atom. The molecule has 0 radical (unpaired) electrons. The molecule has 2 aromatic rings. The first-order valence-corrected chi connectivity index (χ1v) is 7.60. The molecule has 0 aliphatic rings. The Hall–Kier alpha value is -2.28. The third kappa shape index (κ3) is 5.25. The smallest absolute Gasteiger partial charge is 0.239 e. The highest BCUT2D eigenvalue weighted by molar-refractivity contribution is 7.09. The third-order valence-electron chi connectivity index (χ3n) is 2.80. The van der Waals surface area contributed by atoms with Gasteiger partial charge in [-0.15, -0.1) is 11.3 Å². The number of carbonyl (C=O) groups is 2. The lowest BCUT2D eigenvalue weighted by molar-refractivity contribution is -0.125. The van der Waals surface area contributed by atoms with Gasteiger partial charge in [0, 0.05) is 11.1 Å². The van der Waals surface area contributed by atoms with Gasteiger partial charge < -0.3 is 10.6 Å². The van der Waals surface area contributed by atoms with Crippen molar-refractivity contribution >= 4 is 23.2 Å². The van der Waals surface area contributed by atoms with Crippen molar-refractivity contribution in [1.29, 1.82) is 0 Å². The third-order valence-corrected chi connectivity index (χ3v) is 3.77. The van der Waals surface area contributed by atoms with Crippen LogP contribution >= 0.6 is 11.3 Å². The van der Waals surface area contributed by atoms with Crippen LogP contribution in [0.5, 0.6) is 0 Å². The molecule has 2 rings (SSSR count). The van der Waals surface area contributed by atoms with E-state index in [-0.39, 0.29) is 30.6 Å². The zero-order valence-corrected chi connectivity index (χ0v) is 12.9. The van der Waals surface area contributed by atoms with Crippen molar-refractivity contribution in [2.24, 2.45) is 0 Å². The van der Waals surface area contributed by atoms with Crippen molar-refractivity contribution in [1.82, 2.24) is 15.6 Å². The van der Waals surface area contributed by atoms with E-state index in [1.54, 1.807) is 12.1 Å². The Morgan fingerprint density at radius 2 is 2.09 bits per heavy atom. The molecule has 5 nitrogen and oxygen atoms in total. The van der Waals surface area contributed by atoms with Crippen molar-refractivity contribution in [3.63, 3.8) is 0 Å². The number of amides is 2. The number of rotatable bonds is 6. The Morgan fingerprint density at radius 3 is 2.77 bits per heavy atom. The molecule has 0 spiro atoms. The van der Waals surface area contributed by atoms with E-state index in [9.17, 15) is 14.0 Å². The summed E-state index contributed by atoms with van der Waals surface area (Å²) < 4.78 is 13.0. The summed E-state index contributed by atoms with van der Waals surface area (Å²) in [6, 6.07) is 5.81. The summed E-state index contributed by atoms with van der Waals surface area (Å²) in [5, 5.41) is 7.90. The summed E-state index contributed by atoms with van der Waals surface area (Å²) in [6.07, 6.45) is 0.0384. The molecule has 7 heteroatoms. The van der Waals surface area contributed by atoms with E-state index in [1.807, 2.05) is 12.3 Å². The molecule has 0 saturated heterocycles. The molecule has 0 atom stereocenters. The Labute approximate surface area is 131 Å². The zero-order chi connectivity index (χ0) is 15.9. The molecule has 2 amide bonds. The van der Waals surface area contributed by atoms with Crippen LogP contribution in [-0.2, 0) is 22.6 Å². The molecule has 0 aliphatic carbocycles. The predicted octanol–water partition coefficient (Wildman–Crippen LogP) is 1.57. The highest BCUT2D eigenvalue weighted by atomic mass is 32.1. The number of aromatic nitrogens is 1. The predicted molar refractivity (Wildman–Crippen MR) is 81.8 cm³/mol. The first kappa shape index (κ1) is 16.1. The van der Waals surface area contributed by atoms with Gasteiger partial charge in [0.2, 0.25) is 11.8 Å². The van der Waals surface area contributed by atoms with Crippen LogP contribution < -0.4 is 10.6 Å². The van der Waals surface area contributed by atoms with Gasteiger partial charge in [0.1, 0.15) is 10.8 Å². The van der Waals surface area contributed by atoms with Gasteiger partial charge in [0.25, 0.3) is 0 Å². The molecule has 0 unspecified atom stereocenters. The van der Waals surface area contributed by atoms with Crippen LogP contribution in [0.15, 0.2) is 29.6 Å². The molecule has 0 aliphatic heterocycles. The molecule has 1 heterocycles. The Bertz CT molecular complexity index is 672. The van der Waals surface area contributed by atoms with Gasteiger partial charge in [-0.2, -0.15) is 0 Å². The fourth-order valence-electron chi connectivity index (χ4n) is 1.79. The minimum atomic E-state index is -0.387. The lowest BCUT2D eigenvalue weighted by Gasteiger charge is -2.06. The summed E-state index contributed by atoms with van der Waals surface area (Å²) in [7, 11) is 0. The van der Waals surface area contributed by atoms with Gasteiger partial charge in [0.15, 0.2) is 0 Å². The van der Waals surface area contributed by atoms with E-state index in [0.717, 1.165) is 10.7 Å². The molecule has 2 N–H and O–H groups in total. The highest BCUT2D eigenvalue weighted by Gasteiger charge is 2.08. The lowest BCUT2D eigenvalue weighted by atomic mass is 10.1. The Balaban J connectivity index is 1.70. The van der Waals surface area contributed by atoms with Gasteiger partial charge in [0.05, 0.1) is 19.5 Å². The van der Waals surface area contributed by atoms with Crippen LogP contribution in [0, 0.1) is 12.7 Å². The highest BCUT2D eigenvalue weighted by Crippen LogP contribution is 2.07. The topological polar surface area (TPSA) is 71.1 Å². The average Bonchev–Trinajstić information content (AvgIpc) is 2.89. The molecular weight excluding hydrogens is 305 g/mol. The maximum atomic E-state index is 13.0. The molecular formula is C15H16FN3O2S. The maximum absolute atomic E-state index is 13.0. The standard InChI is InChI=1S/C15H16FN3O2S/c1-10-9-22-15(19-10)8-18-14(21)7-17-13(20)6-11-3-2-4-12(16)5-11/h2-5,9H,6-8H2,1H3,(H,17,20)(H,18,21). The number of nitrogens with zero attached hydrogens (tertiary/aromatic N) is 1. The van der Waals surface area contributed by atoms with E-state index in [2.05, 4.69) is 15.6 Å². The minimum Gasteiger partial charge on any atom is -0.348 e. The van der Waals surface area contributed by atoms with E-state index in [0.29, 0.717) is 12.1 Å². The van der Waals surface area contributed by atoms with Gasteiger partial charge in [-0.05, 0) is 24.6 Å². The van der Waals surface area contributed by atoms with Crippen molar-refractivity contribution in [2.45, 2.75) is 19.9 Å². The molecule has 1 aromatic heterocycles. The molecule has 22 heavy (non-hydrogen) atoms. The van der Waals surface area contributed by atoms with E-state index in [4.69, 9.17) is 0 Å². The zero-order valence-electron chi connectivity index (χ0n) is 12.1. The number of thiazole rings is 1. The van der Waals surface area contributed by atoms with E-state index >= 15 is 0 Å². The largest absolute Gasteiger partial charge is 0.348 e. The fraction of sp³-hybridized carbons (Fsp3) is 0.267. The van der Waals surface area contributed by atoms with Crippen LogP contribution in [0.1, 0.15) is 16.3 Å². The molecule has 0 bridgehead atoms. The number of hydrogen-bond acceptors (Lipinski definition) is 4. The molecule has 0 fully saturated rings. The Kier molecular flexibility index (Phi) is 5.60.